The molecule has 0 saturated carbocycles. The number of aromatic nitrogens is 2. The van der Waals surface area contributed by atoms with Gasteiger partial charge in [-0.3, -0.25) is 0 Å². The third kappa shape index (κ3) is 4.13. The summed E-state index contributed by atoms with van der Waals surface area (Å²) < 4.78 is 66.3. The molecule has 140 valence electrons. The van der Waals surface area contributed by atoms with Gasteiger partial charge >= 0.3 is 6.03 Å². The minimum atomic E-state index is -2.60. The molecule has 0 spiro atoms. The number of benzene rings is 2. The van der Waals surface area contributed by atoms with Crippen molar-refractivity contribution in [2.45, 2.75) is 12.8 Å². The molecule has 2 aromatic carbocycles. The first kappa shape index (κ1) is 18.6. The first-order chi connectivity index (χ1) is 12.8. The van der Waals surface area contributed by atoms with Gasteiger partial charge in [0.1, 0.15) is 5.82 Å². The molecule has 9 heteroatoms. The number of amides is 1. The molecule has 1 N–H and O–H groups in total. The number of alkyl halides is 2. The number of anilines is 1. The van der Waals surface area contributed by atoms with Crippen LogP contribution in [0.4, 0.5) is 32.4 Å². The van der Waals surface area contributed by atoms with Crippen LogP contribution >= 0.6 is 0 Å². The van der Waals surface area contributed by atoms with E-state index in [1.54, 1.807) is 6.07 Å². The lowest BCUT2D eigenvalue weighted by molar-refractivity contribution is 0.147. The van der Waals surface area contributed by atoms with Crippen LogP contribution in [-0.2, 0) is 6.42 Å². The monoisotopic (exact) mass is 381 g/mol. The highest BCUT2D eigenvalue weighted by molar-refractivity contribution is 5.95. The molecule has 4 nitrogen and oxygen atoms in total. The summed E-state index contributed by atoms with van der Waals surface area (Å²) in [6, 6.07) is 7.49. The molecule has 0 aliphatic rings. The van der Waals surface area contributed by atoms with E-state index in [9.17, 15) is 26.7 Å². The summed E-state index contributed by atoms with van der Waals surface area (Å²) in [4.78, 5) is 12.3. The lowest BCUT2D eigenvalue weighted by atomic mass is 10.0. The van der Waals surface area contributed by atoms with Crippen molar-refractivity contribution >= 4 is 11.7 Å². The zero-order valence-corrected chi connectivity index (χ0v) is 13.6. The van der Waals surface area contributed by atoms with E-state index in [0.29, 0.717) is 12.1 Å². The van der Waals surface area contributed by atoms with Crippen molar-refractivity contribution in [3.8, 4) is 11.1 Å². The van der Waals surface area contributed by atoms with Crippen LogP contribution in [0, 0.1) is 17.5 Å². The van der Waals surface area contributed by atoms with E-state index < -0.39 is 36.3 Å². The Morgan fingerprint density at radius 2 is 1.70 bits per heavy atom. The Balaban J connectivity index is 1.90. The van der Waals surface area contributed by atoms with Gasteiger partial charge < -0.3 is 5.32 Å². The molecule has 0 saturated heterocycles. The summed E-state index contributed by atoms with van der Waals surface area (Å²) in [6.07, 6.45) is -2.00. The van der Waals surface area contributed by atoms with E-state index in [-0.39, 0.29) is 22.5 Å². The third-order valence-electron chi connectivity index (χ3n) is 3.68. The van der Waals surface area contributed by atoms with Crippen LogP contribution in [0.5, 0.6) is 0 Å². The molecule has 3 aromatic rings. The van der Waals surface area contributed by atoms with E-state index in [2.05, 4.69) is 10.4 Å². The lowest BCUT2D eigenvalue weighted by Gasteiger charge is -2.12. The van der Waals surface area contributed by atoms with Crippen LogP contribution in [0.3, 0.4) is 0 Å². The summed E-state index contributed by atoms with van der Waals surface area (Å²) in [5, 5.41) is 6.18. The Labute approximate surface area is 150 Å². The van der Waals surface area contributed by atoms with Gasteiger partial charge in [-0.15, -0.1) is 0 Å². The summed E-state index contributed by atoms with van der Waals surface area (Å²) in [7, 11) is 0. The summed E-state index contributed by atoms with van der Waals surface area (Å²) in [5.74, 6) is -3.58. The first-order valence-electron chi connectivity index (χ1n) is 7.73. The summed E-state index contributed by atoms with van der Waals surface area (Å²) in [6.45, 7) is 0. The fourth-order valence-corrected chi connectivity index (χ4v) is 2.47. The smallest absolute Gasteiger partial charge is 0.305 e. The van der Waals surface area contributed by atoms with Crippen molar-refractivity contribution in [2.75, 3.05) is 5.32 Å². The second-order valence-electron chi connectivity index (χ2n) is 5.57. The molecule has 0 radical (unpaired) electrons. The highest BCUT2D eigenvalue weighted by atomic mass is 19.3. The number of hydrogen-bond acceptors (Lipinski definition) is 2. The van der Waals surface area contributed by atoms with E-state index in [4.69, 9.17) is 0 Å². The van der Waals surface area contributed by atoms with Gasteiger partial charge in [-0.1, -0.05) is 18.2 Å². The van der Waals surface area contributed by atoms with E-state index in [1.807, 2.05) is 0 Å². The van der Waals surface area contributed by atoms with Gasteiger partial charge in [0.25, 0.3) is 0 Å². The van der Waals surface area contributed by atoms with E-state index >= 15 is 0 Å². The van der Waals surface area contributed by atoms with Crippen LogP contribution in [0.25, 0.3) is 11.1 Å². The second-order valence-corrected chi connectivity index (χ2v) is 5.57. The van der Waals surface area contributed by atoms with Crippen LogP contribution in [-0.4, -0.2) is 22.2 Å². The maximum Gasteiger partial charge on any atom is 0.346 e. The number of nitrogens with one attached hydrogen (secondary N) is 1. The molecule has 0 aliphatic carbocycles. The van der Waals surface area contributed by atoms with Crippen molar-refractivity contribution < 1.29 is 26.7 Å². The SMILES string of the molecule is O=C(Nc1ccccc1-c1cc(F)c(F)cc1F)n1ccc(CC(F)F)n1. The molecule has 1 amide bonds. The summed E-state index contributed by atoms with van der Waals surface area (Å²) in [5.41, 5.74) is 0.00395. The zero-order chi connectivity index (χ0) is 19.6. The van der Waals surface area contributed by atoms with Crippen molar-refractivity contribution in [3.05, 3.63) is 71.8 Å². The molecule has 0 aliphatic heterocycles. The van der Waals surface area contributed by atoms with E-state index in [0.717, 1.165) is 4.68 Å². The van der Waals surface area contributed by atoms with E-state index in [1.165, 1.54) is 30.5 Å². The number of halogens is 5. The van der Waals surface area contributed by atoms with Crippen LogP contribution < -0.4 is 5.32 Å². The number of nitrogens with zero attached hydrogens (tertiary/aromatic N) is 2. The standard InChI is InChI=1S/C18H12F5N3O/c19-13-9-15(21)14(20)8-12(13)11-3-1-2-4-16(11)24-18(27)26-6-5-10(25-26)7-17(22)23/h1-6,8-9,17H,7H2,(H,24,27). The van der Waals surface area contributed by atoms with Gasteiger partial charge in [0.2, 0.25) is 6.43 Å². The summed E-state index contributed by atoms with van der Waals surface area (Å²) >= 11 is 0. The van der Waals surface area contributed by atoms with Gasteiger partial charge in [0.15, 0.2) is 11.6 Å². The van der Waals surface area contributed by atoms with Crippen molar-refractivity contribution in [3.63, 3.8) is 0 Å². The molecule has 0 atom stereocenters. The quantitative estimate of drug-likeness (QED) is 0.519. The highest BCUT2D eigenvalue weighted by Crippen LogP contribution is 2.31. The van der Waals surface area contributed by atoms with Gasteiger partial charge in [-0.05, 0) is 18.2 Å². The number of para-hydroxylation sites is 1. The Morgan fingerprint density at radius 3 is 2.44 bits per heavy atom. The average molecular weight is 381 g/mol. The Morgan fingerprint density at radius 1 is 1.00 bits per heavy atom. The lowest BCUT2D eigenvalue weighted by Crippen LogP contribution is -2.20. The molecule has 1 heterocycles. The average Bonchev–Trinajstić information content (AvgIpc) is 3.07. The van der Waals surface area contributed by atoms with Crippen LogP contribution in [0.15, 0.2) is 48.7 Å². The number of carbonyl (C=O) groups is 1. The van der Waals surface area contributed by atoms with Crippen molar-refractivity contribution in [2.24, 2.45) is 0 Å². The fourth-order valence-electron chi connectivity index (χ4n) is 2.47. The molecule has 0 fully saturated rings. The van der Waals surface area contributed by atoms with Crippen molar-refractivity contribution in [1.29, 1.82) is 0 Å². The fraction of sp³-hybridized carbons (Fsp3) is 0.111. The Hall–Kier alpha value is -3.23. The predicted octanol–water partition coefficient (Wildman–Crippen LogP) is 4.86. The Bertz CT molecular complexity index is 987. The Kier molecular flexibility index (Phi) is 5.20. The molecule has 0 bridgehead atoms. The molecular formula is C18H12F5N3O. The van der Waals surface area contributed by atoms with Crippen LogP contribution in [0.2, 0.25) is 0 Å². The largest absolute Gasteiger partial charge is 0.346 e. The second kappa shape index (κ2) is 7.56. The molecular weight excluding hydrogens is 369 g/mol. The maximum atomic E-state index is 14.1. The van der Waals surface area contributed by atoms with Gasteiger partial charge in [-0.2, -0.15) is 9.78 Å². The molecule has 0 unspecified atom stereocenters. The normalized spacial score (nSPS) is 11.0. The van der Waals surface area contributed by atoms with Crippen molar-refractivity contribution in [1.82, 2.24) is 9.78 Å². The number of hydrogen-bond donors (Lipinski definition) is 1. The highest BCUT2D eigenvalue weighted by Gasteiger charge is 2.17. The molecule has 27 heavy (non-hydrogen) atoms. The van der Waals surface area contributed by atoms with Gasteiger partial charge in [0, 0.05) is 23.4 Å². The van der Waals surface area contributed by atoms with Crippen LogP contribution in [0.1, 0.15) is 5.69 Å². The van der Waals surface area contributed by atoms with Gasteiger partial charge in [0.05, 0.1) is 17.8 Å². The third-order valence-corrected chi connectivity index (χ3v) is 3.68. The van der Waals surface area contributed by atoms with Gasteiger partial charge in [-0.25, -0.2) is 26.7 Å². The topological polar surface area (TPSA) is 46.9 Å². The first-order valence-corrected chi connectivity index (χ1v) is 7.73. The number of carbonyl (C=O) groups excluding carboxylic acids is 1. The number of rotatable bonds is 4. The maximum absolute atomic E-state index is 14.1. The molecule has 3 rings (SSSR count). The minimum Gasteiger partial charge on any atom is -0.305 e. The zero-order valence-electron chi connectivity index (χ0n) is 13.6. The predicted molar refractivity (Wildman–Crippen MR) is 88.1 cm³/mol. The minimum absolute atomic E-state index is 0.0279. The molecule has 1 aromatic heterocycles.